The van der Waals surface area contributed by atoms with Crippen LogP contribution in [-0.4, -0.2) is 22.9 Å². The average Bonchev–Trinajstić information content (AvgIpc) is 2.58. The Morgan fingerprint density at radius 2 is 1.70 bits per heavy atom. The Labute approximate surface area is 158 Å². The molecule has 5 nitrogen and oxygen atoms in total. The molecule has 27 heavy (non-hydrogen) atoms. The fourth-order valence-electron chi connectivity index (χ4n) is 2.09. The summed E-state index contributed by atoms with van der Waals surface area (Å²) in [6.07, 6.45) is -0.807. The van der Waals surface area contributed by atoms with E-state index in [1.54, 1.807) is 48.8 Å². The first-order valence-corrected chi connectivity index (χ1v) is 8.83. The second kappa shape index (κ2) is 9.12. The number of rotatable bonds is 8. The third kappa shape index (κ3) is 7.12. The Hall–Kier alpha value is -2.23. The molecule has 0 heterocycles. The number of benzene rings is 2. The number of alkyl halides is 1. The first-order chi connectivity index (χ1) is 12.6. The first-order valence-electron chi connectivity index (χ1n) is 7.67. The van der Waals surface area contributed by atoms with E-state index in [2.05, 4.69) is 0 Å². The van der Waals surface area contributed by atoms with Crippen LogP contribution in [0.25, 0.3) is 0 Å². The molecular weight excluding hydrogens is 396 g/mol. The van der Waals surface area contributed by atoms with Gasteiger partial charge in [0, 0.05) is 11.6 Å². The number of Topliss-reactive ketones (excluding diaryl/α,β-unsaturated/α-hetero) is 2. The SMILES string of the molecule is O=C(CC(=O)c1cc(F)cc(OC(F)(P)P)c1)C(=O)OCc1ccccc1. The lowest BCUT2D eigenvalue weighted by atomic mass is 10.1. The molecule has 0 aliphatic carbocycles. The first kappa shape index (κ1) is 21.1. The van der Waals surface area contributed by atoms with Crippen molar-refractivity contribution in [3.8, 4) is 5.75 Å². The molecule has 0 N–H and O–H groups in total. The van der Waals surface area contributed by atoms with E-state index in [0.717, 1.165) is 18.2 Å². The van der Waals surface area contributed by atoms with E-state index >= 15 is 0 Å². The molecule has 0 aliphatic heterocycles. The van der Waals surface area contributed by atoms with Crippen molar-refractivity contribution >= 4 is 36.0 Å². The molecule has 9 heteroatoms. The van der Waals surface area contributed by atoms with Crippen molar-refractivity contribution in [2.45, 2.75) is 18.4 Å². The minimum atomic E-state index is -2.24. The Kier molecular flexibility index (Phi) is 7.11. The van der Waals surface area contributed by atoms with Gasteiger partial charge in [0.25, 0.3) is 5.34 Å². The lowest BCUT2D eigenvalue weighted by Gasteiger charge is -2.17. The van der Waals surface area contributed by atoms with Crippen molar-refractivity contribution in [1.29, 1.82) is 0 Å². The molecule has 2 aromatic rings. The minimum Gasteiger partial charge on any atom is -0.455 e. The van der Waals surface area contributed by atoms with Gasteiger partial charge in [0.15, 0.2) is 5.78 Å². The second-order valence-electron chi connectivity index (χ2n) is 5.56. The summed E-state index contributed by atoms with van der Waals surface area (Å²) in [6.45, 7) is -0.113. The number of esters is 1. The van der Waals surface area contributed by atoms with Crippen molar-refractivity contribution in [3.63, 3.8) is 0 Å². The van der Waals surface area contributed by atoms with Crippen LogP contribution in [0.3, 0.4) is 0 Å². The lowest BCUT2D eigenvalue weighted by molar-refractivity contribution is -0.154. The smallest absolute Gasteiger partial charge is 0.375 e. The average molecular weight is 412 g/mol. The minimum absolute atomic E-state index is 0.113. The molecule has 0 fully saturated rings. The van der Waals surface area contributed by atoms with E-state index in [1.165, 1.54) is 0 Å². The second-order valence-corrected chi connectivity index (χ2v) is 7.80. The molecule has 0 saturated carbocycles. The molecule has 0 amide bonds. The molecule has 0 spiro atoms. The maximum Gasteiger partial charge on any atom is 0.375 e. The van der Waals surface area contributed by atoms with Crippen molar-refractivity contribution in [3.05, 3.63) is 65.5 Å². The Morgan fingerprint density at radius 3 is 2.33 bits per heavy atom. The maximum atomic E-state index is 13.6. The van der Waals surface area contributed by atoms with Gasteiger partial charge < -0.3 is 9.47 Å². The van der Waals surface area contributed by atoms with Crippen LogP contribution < -0.4 is 4.74 Å². The summed E-state index contributed by atoms with van der Waals surface area (Å²) >= 11 is 0. The number of hydrogen-bond acceptors (Lipinski definition) is 5. The molecule has 0 aliphatic rings. The standard InChI is InChI=1S/C18H16F2O5P2/c19-13-6-12(7-14(8-13)25-18(20,26)27)15(21)9-16(22)17(23)24-10-11-4-2-1-3-5-11/h1-8H,9-10,26-27H2. The van der Waals surface area contributed by atoms with Crippen LogP contribution in [-0.2, 0) is 20.9 Å². The highest BCUT2D eigenvalue weighted by atomic mass is 31.1. The Balaban J connectivity index is 1.99. The van der Waals surface area contributed by atoms with Crippen molar-refractivity contribution in [2.24, 2.45) is 0 Å². The van der Waals surface area contributed by atoms with Crippen LogP contribution in [0.1, 0.15) is 22.3 Å². The number of ketones is 2. The zero-order valence-corrected chi connectivity index (χ0v) is 16.3. The summed E-state index contributed by atoms with van der Waals surface area (Å²) in [5.41, 5.74) is 0.454. The fourth-order valence-corrected chi connectivity index (χ4v) is 2.36. The predicted octanol–water partition coefficient (Wildman–Crippen LogP) is 3.42. The third-order valence-electron chi connectivity index (χ3n) is 3.23. The van der Waals surface area contributed by atoms with Gasteiger partial charge in [0.2, 0.25) is 5.78 Å². The summed E-state index contributed by atoms with van der Waals surface area (Å²) in [5.74, 6) is -4.16. The van der Waals surface area contributed by atoms with Crippen LogP contribution in [0.4, 0.5) is 8.78 Å². The Morgan fingerprint density at radius 1 is 1.04 bits per heavy atom. The molecule has 2 unspecified atom stereocenters. The van der Waals surface area contributed by atoms with E-state index in [0.29, 0.717) is 5.56 Å². The molecule has 0 radical (unpaired) electrons. The number of hydrogen-bond donors (Lipinski definition) is 0. The summed E-state index contributed by atoms with van der Waals surface area (Å²) in [7, 11) is 3.47. The number of carbonyl (C=O) groups is 3. The summed E-state index contributed by atoms with van der Waals surface area (Å²) in [4.78, 5) is 35.7. The van der Waals surface area contributed by atoms with Crippen LogP contribution in [0.2, 0.25) is 0 Å². The van der Waals surface area contributed by atoms with Gasteiger partial charge in [0.1, 0.15) is 18.2 Å². The summed E-state index contributed by atoms with van der Waals surface area (Å²) in [5, 5.41) is -2.24. The molecular formula is C18H16F2O5P2. The number of carbonyl (C=O) groups excluding carboxylic acids is 3. The largest absolute Gasteiger partial charge is 0.455 e. The maximum absolute atomic E-state index is 13.6. The zero-order chi connectivity index (χ0) is 20.0. The molecule has 2 aromatic carbocycles. The monoisotopic (exact) mass is 412 g/mol. The molecule has 0 saturated heterocycles. The van der Waals surface area contributed by atoms with Gasteiger partial charge in [-0.1, -0.05) is 30.3 Å². The number of halogens is 2. The van der Waals surface area contributed by atoms with Crippen molar-refractivity contribution in [2.75, 3.05) is 0 Å². The van der Waals surface area contributed by atoms with Crippen LogP contribution in [0, 0.1) is 5.82 Å². The fraction of sp³-hybridized carbons (Fsp3) is 0.167. The third-order valence-corrected chi connectivity index (χ3v) is 3.46. The van der Waals surface area contributed by atoms with Gasteiger partial charge in [-0.15, -0.1) is 0 Å². The van der Waals surface area contributed by atoms with Crippen LogP contribution in [0.15, 0.2) is 48.5 Å². The molecule has 2 rings (SSSR count). The summed E-state index contributed by atoms with van der Waals surface area (Å²) in [6, 6.07) is 11.5. The molecule has 142 valence electrons. The van der Waals surface area contributed by atoms with Gasteiger partial charge in [-0.3, -0.25) is 9.59 Å². The van der Waals surface area contributed by atoms with Gasteiger partial charge >= 0.3 is 5.97 Å². The van der Waals surface area contributed by atoms with Crippen LogP contribution >= 0.6 is 18.5 Å². The van der Waals surface area contributed by atoms with Gasteiger partial charge in [-0.2, -0.15) is 4.39 Å². The van der Waals surface area contributed by atoms with Gasteiger partial charge in [0.05, 0.1) is 6.42 Å². The topological polar surface area (TPSA) is 69.7 Å². The predicted molar refractivity (Wildman–Crippen MR) is 100 cm³/mol. The molecule has 2 atom stereocenters. The highest BCUT2D eigenvalue weighted by Crippen LogP contribution is 2.32. The van der Waals surface area contributed by atoms with E-state index in [1.807, 2.05) is 0 Å². The van der Waals surface area contributed by atoms with E-state index in [9.17, 15) is 23.2 Å². The van der Waals surface area contributed by atoms with Gasteiger partial charge in [-0.05, 0) is 36.2 Å². The molecule has 0 bridgehead atoms. The highest BCUT2D eigenvalue weighted by Gasteiger charge is 2.23. The van der Waals surface area contributed by atoms with Crippen LogP contribution in [0.5, 0.6) is 5.75 Å². The van der Waals surface area contributed by atoms with E-state index in [-0.39, 0.29) is 17.9 Å². The highest BCUT2D eigenvalue weighted by molar-refractivity contribution is 7.38. The Bertz CT molecular complexity index is 851. The van der Waals surface area contributed by atoms with Crippen molar-refractivity contribution in [1.82, 2.24) is 0 Å². The normalized spacial score (nSPS) is 11.0. The number of ether oxygens (including phenoxy) is 2. The molecule has 0 aromatic heterocycles. The van der Waals surface area contributed by atoms with E-state index < -0.39 is 35.1 Å². The summed E-state index contributed by atoms with van der Waals surface area (Å²) < 4.78 is 36.7. The van der Waals surface area contributed by atoms with Gasteiger partial charge in [-0.25, -0.2) is 9.18 Å². The van der Waals surface area contributed by atoms with Crippen molar-refractivity contribution < 1.29 is 32.6 Å². The quantitative estimate of drug-likeness (QED) is 0.219. The zero-order valence-electron chi connectivity index (χ0n) is 14.0. The van der Waals surface area contributed by atoms with E-state index in [4.69, 9.17) is 9.47 Å². The lowest BCUT2D eigenvalue weighted by Crippen LogP contribution is -2.21.